The highest BCUT2D eigenvalue weighted by Gasteiger charge is 2.18. The fourth-order valence-corrected chi connectivity index (χ4v) is 3.64. The Labute approximate surface area is 123 Å². The number of carbonyl (C=O) groups is 1. The lowest BCUT2D eigenvalue weighted by Crippen LogP contribution is -2.09. The molecule has 0 fully saturated rings. The van der Waals surface area contributed by atoms with Crippen molar-refractivity contribution in [1.82, 2.24) is 9.38 Å². The molecule has 0 radical (unpaired) electrons. The number of hydrogen-bond donors (Lipinski definition) is 1. The van der Waals surface area contributed by atoms with Crippen molar-refractivity contribution in [3.05, 3.63) is 28.6 Å². The number of nitrogen functional groups attached to an aromatic ring is 1. The van der Waals surface area contributed by atoms with E-state index in [0.717, 1.165) is 21.2 Å². The molecule has 0 aliphatic heterocycles. The second-order valence-electron chi connectivity index (χ2n) is 4.15. The van der Waals surface area contributed by atoms with E-state index < -0.39 is 0 Å². The topological polar surface area (TPSA) is 69.6 Å². The quantitative estimate of drug-likeness (QED) is 0.752. The molecule has 3 heterocycles. The van der Waals surface area contributed by atoms with Crippen molar-refractivity contribution in [3.8, 4) is 10.6 Å². The molecule has 0 atom stereocenters. The molecule has 3 aromatic heterocycles. The van der Waals surface area contributed by atoms with E-state index in [-0.39, 0.29) is 12.4 Å². The predicted octanol–water partition coefficient (Wildman–Crippen LogP) is 2.81. The van der Waals surface area contributed by atoms with E-state index >= 15 is 0 Å². The van der Waals surface area contributed by atoms with E-state index in [1.54, 1.807) is 18.3 Å². The van der Waals surface area contributed by atoms with Crippen LogP contribution in [0.3, 0.4) is 0 Å². The van der Waals surface area contributed by atoms with Crippen molar-refractivity contribution >= 4 is 39.4 Å². The number of thiazole rings is 1. The molecule has 0 aromatic carbocycles. The van der Waals surface area contributed by atoms with Crippen LogP contribution in [-0.4, -0.2) is 22.0 Å². The number of nitrogens with two attached hydrogens (primary N) is 1. The van der Waals surface area contributed by atoms with Crippen LogP contribution in [0.1, 0.15) is 12.6 Å². The molecule has 0 unspecified atom stereocenters. The van der Waals surface area contributed by atoms with Crippen molar-refractivity contribution in [2.24, 2.45) is 0 Å². The SMILES string of the molecule is CCOC(=O)Cc1csc2nc(-c3cccs3)c(N)n12. The summed E-state index contributed by atoms with van der Waals surface area (Å²) in [5, 5.41) is 3.88. The molecule has 0 saturated carbocycles. The maximum Gasteiger partial charge on any atom is 0.311 e. The summed E-state index contributed by atoms with van der Waals surface area (Å²) in [6.45, 7) is 2.17. The summed E-state index contributed by atoms with van der Waals surface area (Å²) in [6, 6.07) is 3.95. The van der Waals surface area contributed by atoms with Crippen LogP contribution < -0.4 is 5.73 Å². The van der Waals surface area contributed by atoms with Crippen molar-refractivity contribution in [2.75, 3.05) is 12.3 Å². The number of imidazole rings is 1. The number of thiophene rings is 1. The molecule has 104 valence electrons. The zero-order chi connectivity index (χ0) is 14.1. The van der Waals surface area contributed by atoms with Crippen LogP contribution in [0.4, 0.5) is 5.82 Å². The number of nitrogens with zero attached hydrogens (tertiary/aromatic N) is 2. The van der Waals surface area contributed by atoms with Gasteiger partial charge in [-0.2, -0.15) is 0 Å². The van der Waals surface area contributed by atoms with E-state index in [4.69, 9.17) is 10.5 Å². The highest BCUT2D eigenvalue weighted by molar-refractivity contribution is 7.15. The number of rotatable bonds is 4. The Bertz CT molecular complexity index is 743. The van der Waals surface area contributed by atoms with Gasteiger partial charge in [-0.25, -0.2) is 4.98 Å². The number of fused-ring (bicyclic) bond motifs is 1. The Balaban J connectivity index is 2.01. The second kappa shape index (κ2) is 5.26. The van der Waals surface area contributed by atoms with Gasteiger partial charge in [0.15, 0.2) is 4.96 Å². The maximum absolute atomic E-state index is 11.6. The van der Waals surface area contributed by atoms with Crippen molar-refractivity contribution in [3.63, 3.8) is 0 Å². The molecular weight excluding hydrogens is 294 g/mol. The van der Waals surface area contributed by atoms with Gasteiger partial charge in [0.1, 0.15) is 11.5 Å². The first-order valence-corrected chi connectivity index (χ1v) is 7.90. The third-order valence-corrected chi connectivity index (χ3v) is 4.61. The van der Waals surface area contributed by atoms with Gasteiger partial charge in [0.05, 0.1) is 17.9 Å². The fourth-order valence-electron chi connectivity index (χ4n) is 2.02. The molecule has 20 heavy (non-hydrogen) atoms. The van der Waals surface area contributed by atoms with Crippen LogP contribution in [-0.2, 0) is 16.0 Å². The zero-order valence-corrected chi connectivity index (χ0v) is 12.5. The summed E-state index contributed by atoms with van der Waals surface area (Å²) in [6.07, 6.45) is 0.207. The van der Waals surface area contributed by atoms with Gasteiger partial charge >= 0.3 is 5.97 Å². The summed E-state index contributed by atoms with van der Waals surface area (Å²) in [5.74, 6) is 0.320. The maximum atomic E-state index is 11.6. The molecule has 0 aliphatic rings. The predicted molar refractivity (Wildman–Crippen MR) is 81.1 cm³/mol. The molecule has 0 saturated heterocycles. The number of aromatic nitrogens is 2. The van der Waals surface area contributed by atoms with Crippen LogP contribution in [0.15, 0.2) is 22.9 Å². The summed E-state index contributed by atoms with van der Waals surface area (Å²) < 4.78 is 6.81. The minimum atomic E-state index is -0.252. The van der Waals surface area contributed by atoms with Crippen LogP contribution >= 0.6 is 22.7 Å². The van der Waals surface area contributed by atoms with E-state index in [0.29, 0.717) is 12.4 Å². The largest absolute Gasteiger partial charge is 0.466 e. The van der Waals surface area contributed by atoms with Gasteiger partial charge in [-0.1, -0.05) is 6.07 Å². The van der Waals surface area contributed by atoms with E-state index in [9.17, 15) is 4.79 Å². The average Bonchev–Trinajstić information content (AvgIpc) is 3.09. The molecular formula is C13H13N3O2S2. The van der Waals surface area contributed by atoms with Crippen molar-refractivity contribution < 1.29 is 9.53 Å². The van der Waals surface area contributed by atoms with Crippen LogP contribution in [0.25, 0.3) is 15.5 Å². The third kappa shape index (κ3) is 2.19. The number of esters is 1. The van der Waals surface area contributed by atoms with Crippen LogP contribution in [0.5, 0.6) is 0 Å². The van der Waals surface area contributed by atoms with Gasteiger partial charge < -0.3 is 10.5 Å². The molecule has 3 aromatic rings. The minimum absolute atomic E-state index is 0.207. The molecule has 7 heteroatoms. The Morgan fingerprint density at radius 3 is 3.05 bits per heavy atom. The molecule has 3 rings (SSSR count). The molecule has 0 amide bonds. The number of anilines is 1. The summed E-state index contributed by atoms with van der Waals surface area (Å²) in [7, 11) is 0. The van der Waals surface area contributed by atoms with E-state index in [1.807, 2.05) is 27.3 Å². The Hall–Kier alpha value is -1.86. The van der Waals surface area contributed by atoms with Gasteiger partial charge in [0.25, 0.3) is 0 Å². The monoisotopic (exact) mass is 307 g/mol. The molecule has 0 bridgehead atoms. The van der Waals surface area contributed by atoms with Crippen molar-refractivity contribution in [1.29, 1.82) is 0 Å². The zero-order valence-electron chi connectivity index (χ0n) is 10.8. The van der Waals surface area contributed by atoms with Gasteiger partial charge in [-0.05, 0) is 18.4 Å². The number of hydrogen-bond acceptors (Lipinski definition) is 6. The van der Waals surface area contributed by atoms with Crippen molar-refractivity contribution in [2.45, 2.75) is 13.3 Å². The average molecular weight is 307 g/mol. The first kappa shape index (κ1) is 13.1. The number of ether oxygens (including phenoxy) is 1. The first-order valence-electron chi connectivity index (χ1n) is 6.14. The number of carbonyl (C=O) groups excluding carboxylic acids is 1. The fraction of sp³-hybridized carbons (Fsp3) is 0.231. The standard InChI is InChI=1S/C13H13N3O2S2/c1-2-18-10(17)6-8-7-20-13-15-11(12(14)16(8)13)9-4-3-5-19-9/h3-5,7H,2,6,14H2,1H3. The molecule has 2 N–H and O–H groups in total. The van der Waals surface area contributed by atoms with Gasteiger partial charge in [0.2, 0.25) is 0 Å². The second-order valence-corrected chi connectivity index (χ2v) is 5.93. The summed E-state index contributed by atoms with van der Waals surface area (Å²) in [5.41, 5.74) is 7.78. The van der Waals surface area contributed by atoms with E-state index in [2.05, 4.69) is 4.98 Å². The molecule has 0 aliphatic carbocycles. The Morgan fingerprint density at radius 2 is 2.35 bits per heavy atom. The van der Waals surface area contributed by atoms with Gasteiger partial charge in [-0.15, -0.1) is 22.7 Å². The lowest BCUT2D eigenvalue weighted by atomic mass is 10.3. The summed E-state index contributed by atoms with van der Waals surface area (Å²) in [4.78, 5) is 18.0. The lowest BCUT2D eigenvalue weighted by molar-refractivity contribution is -0.142. The van der Waals surface area contributed by atoms with Crippen LogP contribution in [0, 0.1) is 0 Å². The van der Waals surface area contributed by atoms with Gasteiger partial charge in [0, 0.05) is 11.1 Å². The lowest BCUT2D eigenvalue weighted by Gasteiger charge is -2.02. The molecule has 0 spiro atoms. The smallest absolute Gasteiger partial charge is 0.311 e. The third-order valence-electron chi connectivity index (χ3n) is 2.86. The first-order chi connectivity index (χ1) is 9.70. The highest BCUT2D eigenvalue weighted by atomic mass is 32.1. The minimum Gasteiger partial charge on any atom is -0.466 e. The van der Waals surface area contributed by atoms with E-state index in [1.165, 1.54) is 11.3 Å². The Kier molecular flexibility index (Phi) is 3.45. The highest BCUT2D eigenvalue weighted by Crippen LogP contribution is 2.32. The summed E-state index contributed by atoms with van der Waals surface area (Å²) >= 11 is 3.07. The van der Waals surface area contributed by atoms with Gasteiger partial charge in [-0.3, -0.25) is 9.20 Å². The van der Waals surface area contributed by atoms with Crippen LogP contribution in [0.2, 0.25) is 0 Å². The normalized spacial score (nSPS) is 11.1. The molecule has 5 nitrogen and oxygen atoms in total. The Morgan fingerprint density at radius 1 is 1.50 bits per heavy atom.